The number of alkyl halides is 1. The van der Waals surface area contributed by atoms with Crippen LogP contribution in [-0.4, -0.2) is 62.7 Å². The number of aromatic nitrogens is 3. The van der Waals surface area contributed by atoms with Gasteiger partial charge in [-0.05, 0) is 39.4 Å². The van der Waals surface area contributed by atoms with E-state index in [0.29, 0.717) is 42.4 Å². The third kappa shape index (κ3) is 3.51. The molecule has 7 nitrogen and oxygen atoms in total. The maximum absolute atomic E-state index is 14.5. The number of halogens is 2. The lowest BCUT2D eigenvalue weighted by atomic mass is 10.1. The lowest BCUT2D eigenvalue weighted by Crippen LogP contribution is -2.45. The molecule has 1 aromatic carbocycles. The molecular formula is C23H25ClFN5O2. The summed E-state index contributed by atoms with van der Waals surface area (Å²) in [4.78, 5) is 21.7. The topological polar surface area (TPSA) is 63.0 Å². The highest BCUT2D eigenvalue weighted by Gasteiger charge is 2.33. The molecule has 0 N–H and O–H groups in total. The number of amides is 1. The number of para-hydroxylation sites is 1. The number of hydrogen-bond donors (Lipinski definition) is 0. The minimum absolute atomic E-state index is 0.164. The third-order valence-electron chi connectivity index (χ3n) is 6.32. The van der Waals surface area contributed by atoms with Crippen molar-refractivity contribution in [1.29, 1.82) is 0 Å². The van der Waals surface area contributed by atoms with Gasteiger partial charge in [0.25, 0.3) is 5.91 Å². The van der Waals surface area contributed by atoms with Gasteiger partial charge in [0.15, 0.2) is 5.65 Å². The summed E-state index contributed by atoms with van der Waals surface area (Å²) in [7, 11) is 1.90. The molecule has 2 aliphatic heterocycles. The van der Waals surface area contributed by atoms with Crippen LogP contribution in [0, 0.1) is 13.8 Å². The molecule has 0 saturated carbocycles. The molecule has 9 heteroatoms. The zero-order valence-electron chi connectivity index (χ0n) is 18.3. The van der Waals surface area contributed by atoms with E-state index in [2.05, 4.69) is 10.1 Å². The van der Waals surface area contributed by atoms with Crippen LogP contribution in [-0.2, 0) is 13.1 Å². The predicted octanol–water partition coefficient (Wildman–Crippen LogP) is 3.58. The summed E-state index contributed by atoms with van der Waals surface area (Å²) in [6.07, 6.45) is -1.06. The Labute approximate surface area is 190 Å². The van der Waals surface area contributed by atoms with Gasteiger partial charge in [-0.1, -0.05) is 23.7 Å². The van der Waals surface area contributed by atoms with E-state index in [1.54, 1.807) is 33.7 Å². The van der Waals surface area contributed by atoms with Crippen LogP contribution in [0.3, 0.4) is 0 Å². The molecule has 3 aromatic rings. The lowest BCUT2D eigenvalue weighted by molar-refractivity contribution is 0.0302. The molecule has 32 heavy (non-hydrogen) atoms. The Bertz CT molecular complexity index is 1210. The molecule has 0 aliphatic carbocycles. The second-order valence-electron chi connectivity index (χ2n) is 8.64. The van der Waals surface area contributed by atoms with Crippen LogP contribution in [0.15, 0.2) is 24.3 Å². The molecule has 0 spiro atoms. The molecular weight excluding hydrogens is 433 g/mol. The number of fused-ring (bicyclic) bond motifs is 3. The molecule has 168 valence electrons. The summed E-state index contributed by atoms with van der Waals surface area (Å²) in [6.45, 7) is 5.64. The standard InChI is InChI=1S/C23H25ClFN5O2/c1-13-21(24)14(2)30-22(26-13)16-10-29(12-18(16)27-30)23(31)15-6-4-5-7-19(15)32-20-8-9-28(3)11-17(20)25/h4-7,17,20H,8-12H2,1-3H3. The van der Waals surface area contributed by atoms with Crippen molar-refractivity contribution in [1.82, 2.24) is 24.4 Å². The Morgan fingerprint density at radius 3 is 2.81 bits per heavy atom. The monoisotopic (exact) mass is 457 g/mol. The van der Waals surface area contributed by atoms with Crippen LogP contribution in [0.4, 0.5) is 4.39 Å². The summed E-state index contributed by atoms with van der Waals surface area (Å²) < 4.78 is 22.3. The van der Waals surface area contributed by atoms with E-state index >= 15 is 0 Å². The summed E-state index contributed by atoms with van der Waals surface area (Å²) >= 11 is 6.32. The van der Waals surface area contributed by atoms with Crippen LogP contribution in [0.25, 0.3) is 5.65 Å². The first-order valence-electron chi connectivity index (χ1n) is 10.7. The second-order valence-corrected chi connectivity index (χ2v) is 9.02. The van der Waals surface area contributed by atoms with Crippen molar-refractivity contribution in [2.45, 2.75) is 45.6 Å². The fourth-order valence-electron chi connectivity index (χ4n) is 4.50. The number of ether oxygens (including phenoxy) is 1. The number of carbonyl (C=O) groups excluding carboxylic acids is 1. The van der Waals surface area contributed by atoms with Crippen LogP contribution in [0.5, 0.6) is 5.75 Å². The number of rotatable bonds is 3. The van der Waals surface area contributed by atoms with E-state index in [9.17, 15) is 9.18 Å². The molecule has 5 rings (SSSR count). The van der Waals surface area contributed by atoms with Crippen molar-refractivity contribution >= 4 is 23.2 Å². The smallest absolute Gasteiger partial charge is 0.258 e. The van der Waals surface area contributed by atoms with Gasteiger partial charge in [0, 0.05) is 18.7 Å². The summed E-state index contributed by atoms with van der Waals surface area (Å²) in [5, 5.41) is 5.24. The largest absolute Gasteiger partial charge is 0.486 e. The normalized spacial score (nSPS) is 21.2. The first kappa shape index (κ1) is 21.2. The van der Waals surface area contributed by atoms with Crippen LogP contribution in [0.2, 0.25) is 5.02 Å². The van der Waals surface area contributed by atoms with Gasteiger partial charge in [-0.15, -0.1) is 0 Å². The van der Waals surface area contributed by atoms with Gasteiger partial charge in [-0.2, -0.15) is 5.10 Å². The van der Waals surface area contributed by atoms with Crippen molar-refractivity contribution in [2.24, 2.45) is 0 Å². The van der Waals surface area contributed by atoms with E-state index < -0.39 is 12.3 Å². The Kier molecular flexibility index (Phi) is 5.29. The molecule has 2 atom stereocenters. The molecule has 0 radical (unpaired) electrons. The van der Waals surface area contributed by atoms with Crippen molar-refractivity contribution in [3.8, 4) is 5.75 Å². The number of benzene rings is 1. The zero-order valence-corrected chi connectivity index (χ0v) is 19.1. The number of piperidine rings is 1. The molecule has 1 saturated heterocycles. The van der Waals surface area contributed by atoms with Gasteiger partial charge in [0.05, 0.1) is 40.8 Å². The summed E-state index contributed by atoms with van der Waals surface area (Å²) in [5.74, 6) is 0.257. The molecule has 1 amide bonds. The number of hydrogen-bond acceptors (Lipinski definition) is 5. The number of nitrogens with zero attached hydrogens (tertiary/aromatic N) is 5. The van der Waals surface area contributed by atoms with Gasteiger partial charge >= 0.3 is 0 Å². The minimum atomic E-state index is -1.09. The Balaban J connectivity index is 1.39. The number of carbonyl (C=O) groups is 1. The molecule has 0 bridgehead atoms. The van der Waals surface area contributed by atoms with E-state index in [4.69, 9.17) is 16.3 Å². The number of aryl methyl sites for hydroxylation is 2. The Hall–Kier alpha value is -2.71. The molecule has 2 aromatic heterocycles. The maximum atomic E-state index is 14.5. The van der Waals surface area contributed by atoms with Gasteiger partial charge in [-0.25, -0.2) is 13.9 Å². The fourth-order valence-corrected chi connectivity index (χ4v) is 4.63. The summed E-state index contributed by atoms with van der Waals surface area (Å²) in [6, 6.07) is 7.07. The van der Waals surface area contributed by atoms with Crippen LogP contribution < -0.4 is 4.74 Å². The Morgan fingerprint density at radius 1 is 1.25 bits per heavy atom. The molecule has 4 heterocycles. The van der Waals surface area contributed by atoms with Gasteiger partial charge < -0.3 is 14.5 Å². The second kappa shape index (κ2) is 8.01. The molecule has 2 unspecified atom stereocenters. The van der Waals surface area contributed by atoms with E-state index in [1.807, 2.05) is 25.8 Å². The van der Waals surface area contributed by atoms with Crippen molar-refractivity contribution in [2.75, 3.05) is 20.1 Å². The number of likely N-dealkylation sites (tertiary alicyclic amines) is 1. The van der Waals surface area contributed by atoms with Crippen molar-refractivity contribution < 1.29 is 13.9 Å². The third-order valence-corrected chi connectivity index (χ3v) is 6.87. The van der Waals surface area contributed by atoms with Crippen LogP contribution >= 0.6 is 11.6 Å². The van der Waals surface area contributed by atoms with Gasteiger partial charge in [0.2, 0.25) is 0 Å². The lowest BCUT2D eigenvalue weighted by Gasteiger charge is -2.32. The average molecular weight is 458 g/mol. The molecule has 1 fully saturated rings. The molecule has 2 aliphatic rings. The fraction of sp³-hybridized carbons (Fsp3) is 0.435. The van der Waals surface area contributed by atoms with Gasteiger partial charge in [-0.3, -0.25) is 4.79 Å². The first-order valence-corrected chi connectivity index (χ1v) is 11.1. The highest BCUT2D eigenvalue weighted by Crippen LogP contribution is 2.32. The van der Waals surface area contributed by atoms with Crippen molar-refractivity contribution in [3.05, 3.63) is 57.5 Å². The SMILES string of the molecule is Cc1nc2c3c(nn2c(C)c1Cl)CN(C(=O)c1ccccc1OC1CCN(C)CC1F)C3. The van der Waals surface area contributed by atoms with Crippen molar-refractivity contribution in [3.63, 3.8) is 0 Å². The average Bonchev–Trinajstić information content (AvgIpc) is 3.33. The highest BCUT2D eigenvalue weighted by atomic mass is 35.5. The van der Waals surface area contributed by atoms with Gasteiger partial charge in [0.1, 0.15) is 18.0 Å². The highest BCUT2D eigenvalue weighted by molar-refractivity contribution is 6.31. The van der Waals surface area contributed by atoms with Crippen LogP contribution in [0.1, 0.15) is 39.4 Å². The maximum Gasteiger partial charge on any atom is 0.258 e. The van der Waals surface area contributed by atoms with E-state index in [1.165, 1.54) is 0 Å². The van der Waals surface area contributed by atoms with E-state index in [-0.39, 0.29) is 5.91 Å². The Morgan fingerprint density at radius 2 is 2.03 bits per heavy atom. The minimum Gasteiger partial charge on any atom is -0.486 e. The predicted molar refractivity (Wildman–Crippen MR) is 119 cm³/mol. The first-order chi connectivity index (χ1) is 15.3. The quantitative estimate of drug-likeness (QED) is 0.601. The zero-order chi connectivity index (χ0) is 22.6. The van der Waals surface area contributed by atoms with E-state index in [0.717, 1.165) is 34.8 Å². The summed E-state index contributed by atoms with van der Waals surface area (Å²) in [5.41, 5.74) is 4.47.